The number of rotatable bonds is 10. The van der Waals surface area contributed by atoms with E-state index in [9.17, 15) is 0 Å². The summed E-state index contributed by atoms with van der Waals surface area (Å²) >= 11 is 0. The van der Waals surface area contributed by atoms with Crippen molar-refractivity contribution < 1.29 is 9.47 Å². The van der Waals surface area contributed by atoms with E-state index in [0.717, 1.165) is 33.8 Å². The van der Waals surface area contributed by atoms with Gasteiger partial charge in [-0.05, 0) is 63.1 Å². The number of ether oxygens (including phenoxy) is 2. The molecule has 0 radical (unpaired) electrons. The van der Waals surface area contributed by atoms with Crippen LogP contribution in [0, 0.1) is 0 Å². The van der Waals surface area contributed by atoms with Crippen LogP contribution in [0.15, 0.2) is 82.8 Å². The lowest BCUT2D eigenvalue weighted by Crippen LogP contribution is -2.15. The molecule has 6 nitrogen and oxygen atoms in total. The van der Waals surface area contributed by atoms with Crippen LogP contribution in [0.2, 0.25) is 0 Å². The van der Waals surface area contributed by atoms with E-state index in [-0.39, 0.29) is 36.9 Å². The molecule has 0 amide bonds. The summed E-state index contributed by atoms with van der Waals surface area (Å²) in [6.07, 6.45) is 0. The number of hydrogen-bond acceptors (Lipinski definition) is 4. The molecule has 0 aromatic heterocycles. The minimum Gasteiger partial charge on any atom is -0.489 e. The Morgan fingerprint density at radius 3 is 1.39 bits per heavy atom. The van der Waals surface area contributed by atoms with Crippen LogP contribution in [-0.2, 0) is 13.2 Å². The fourth-order valence-electron chi connectivity index (χ4n) is 3.36. The Morgan fingerprint density at radius 1 is 0.639 bits per heavy atom. The average molecular weight is 532 g/mol. The first kappa shape index (κ1) is 30.8. The normalized spacial score (nSPS) is 11.6. The highest BCUT2D eigenvalue weighted by molar-refractivity contribution is 5.98. The molecular weight excluding hydrogens is 495 g/mol. The molecule has 0 aliphatic heterocycles. The standard InChI is InChI=1S/C28H34N4O2.2ClH/c1-19(2)31-27(29)21-11-7-13-25(15-21)33-17-23-9-5-6-10-24(23)18-34-26-14-8-12-22(16-26)28(30)32-20(3)4;;/h5-16,19-20H,17-18H2,1-4H3,(H2,29,31)(H2,30,32);2*1H. The van der Waals surface area contributed by atoms with Crippen LogP contribution in [0.5, 0.6) is 11.5 Å². The monoisotopic (exact) mass is 530 g/mol. The molecule has 0 aliphatic rings. The molecule has 0 saturated carbocycles. The quantitative estimate of drug-likeness (QED) is 0.251. The summed E-state index contributed by atoms with van der Waals surface area (Å²) in [7, 11) is 0. The van der Waals surface area contributed by atoms with Gasteiger partial charge in [0.2, 0.25) is 0 Å². The van der Waals surface area contributed by atoms with E-state index >= 15 is 0 Å². The summed E-state index contributed by atoms with van der Waals surface area (Å²) in [5.74, 6) is 2.50. The van der Waals surface area contributed by atoms with Gasteiger partial charge in [0.05, 0.1) is 0 Å². The lowest BCUT2D eigenvalue weighted by molar-refractivity contribution is 0.285. The Hall–Kier alpha value is -3.22. The summed E-state index contributed by atoms with van der Waals surface area (Å²) in [6, 6.07) is 23.7. The molecule has 4 N–H and O–H groups in total. The molecule has 3 aromatic rings. The molecular formula is C28H36Cl2N4O2. The smallest absolute Gasteiger partial charge is 0.126 e. The largest absolute Gasteiger partial charge is 0.489 e. The van der Waals surface area contributed by atoms with E-state index in [0.29, 0.717) is 24.9 Å². The average Bonchev–Trinajstić information content (AvgIpc) is 2.81. The fourth-order valence-corrected chi connectivity index (χ4v) is 3.36. The van der Waals surface area contributed by atoms with Gasteiger partial charge in [0, 0.05) is 23.2 Å². The number of amidine groups is 2. The van der Waals surface area contributed by atoms with Gasteiger partial charge in [-0.3, -0.25) is 9.98 Å². The van der Waals surface area contributed by atoms with Crippen LogP contribution in [0.3, 0.4) is 0 Å². The molecule has 36 heavy (non-hydrogen) atoms. The van der Waals surface area contributed by atoms with Gasteiger partial charge >= 0.3 is 0 Å². The van der Waals surface area contributed by atoms with Gasteiger partial charge in [-0.25, -0.2) is 0 Å². The van der Waals surface area contributed by atoms with Crippen LogP contribution in [-0.4, -0.2) is 23.8 Å². The van der Waals surface area contributed by atoms with Crippen LogP contribution in [0.25, 0.3) is 0 Å². The zero-order valence-corrected chi connectivity index (χ0v) is 22.8. The van der Waals surface area contributed by atoms with Crippen molar-refractivity contribution in [2.75, 3.05) is 0 Å². The van der Waals surface area contributed by atoms with Crippen molar-refractivity contribution in [3.63, 3.8) is 0 Å². The van der Waals surface area contributed by atoms with Crippen LogP contribution >= 0.6 is 24.8 Å². The van der Waals surface area contributed by atoms with E-state index in [1.165, 1.54) is 0 Å². The highest BCUT2D eigenvalue weighted by Gasteiger charge is 2.07. The van der Waals surface area contributed by atoms with E-state index < -0.39 is 0 Å². The first-order chi connectivity index (χ1) is 16.3. The Balaban J connectivity index is 0.00000324. The number of nitrogens with zero attached hydrogens (tertiary/aromatic N) is 2. The maximum absolute atomic E-state index is 6.11. The van der Waals surface area contributed by atoms with Gasteiger partial charge in [0.25, 0.3) is 0 Å². The Labute approximate surface area is 226 Å². The van der Waals surface area contributed by atoms with Crippen molar-refractivity contribution in [1.29, 1.82) is 0 Å². The van der Waals surface area contributed by atoms with Crippen molar-refractivity contribution in [3.8, 4) is 11.5 Å². The number of aliphatic imine (C=N–C) groups is 2. The molecule has 3 aromatic carbocycles. The molecule has 0 saturated heterocycles. The third-order valence-corrected chi connectivity index (χ3v) is 4.96. The highest BCUT2D eigenvalue weighted by Crippen LogP contribution is 2.20. The summed E-state index contributed by atoms with van der Waals surface area (Å²) in [6.45, 7) is 8.82. The first-order valence-corrected chi connectivity index (χ1v) is 11.5. The SMILES string of the molecule is CC(C)N=C(N)c1cccc(OCc2ccccc2COc2cccc(C(N)=NC(C)C)c2)c1.Cl.Cl. The van der Waals surface area contributed by atoms with Crippen molar-refractivity contribution in [1.82, 2.24) is 0 Å². The molecule has 194 valence electrons. The summed E-state index contributed by atoms with van der Waals surface area (Å²) in [4.78, 5) is 8.82. The summed E-state index contributed by atoms with van der Waals surface area (Å²) in [5, 5.41) is 0. The maximum Gasteiger partial charge on any atom is 0.126 e. The lowest BCUT2D eigenvalue weighted by Gasteiger charge is -2.13. The van der Waals surface area contributed by atoms with Gasteiger partial charge in [-0.2, -0.15) is 0 Å². The predicted octanol–water partition coefficient (Wildman–Crippen LogP) is 5.92. The van der Waals surface area contributed by atoms with E-state index in [1.54, 1.807) is 0 Å². The molecule has 0 atom stereocenters. The number of benzene rings is 3. The number of nitrogens with two attached hydrogens (primary N) is 2. The van der Waals surface area contributed by atoms with Crippen molar-refractivity contribution in [2.24, 2.45) is 21.5 Å². The topological polar surface area (TPSA) is 95.2 Å². The second-order valence-corrected chi connectivity index (χ2v) is 8.62. The van der Waals surface area contributed by atoms with E-state index in [1.807, 2.05) is 100 Å². The van der Waals surface area contributed by atoms with E-state index in [4.69, 9.17) is 20.9 Å². The lowest BCUT2D eigenvalue weighted by atomic mass is 10.1. The second kappa shape index (κ2) is 15.0. The first-order valence-electron chi connectivity index (χ1n) is 11.5. The summed E-state index contributed by atoms with van der Waals surface area (Å²) < 4.78 is 12.1. The minimum atomic E-state index is 0. The second-order valence-electron chi connectivity index (χ2n) is 8.62. The minimum absolute atomic E-state index is 0. The van der Waals surface area contributed by atoms with E-state index in [2.05, 4.69) is 9.98 Å². The molecule has 0 aliphatic carbocycles. The molecule has 8 heteroatoms. The fraction of sp³-hybridized carbons (Fsp3) is 0.286. The zero-order valence-electron chi connectivity index (χ0n) is 21.2. The van der Waals surface area contributed by atoms with Crippen LogP contribution in [0.4, 0.5) is 0 Å². The van der Waals surface area contributed by atoms with Crippen LogP contribution in [0.1, 0.15) is 49.9 Å². The van der Waals surface area contributed by atoms with Gasteiger partial charge in [-0.15, -0.1) is 24.8 Å². The molecule has 0 heterocycles. The van der Waals surface area contributed by atoms with Crippen molar-refractivity contribution in [2.45, 2.75) is 53.0 Å². The van der Waals surface area contributed by atoms with Crippen molar-refractivity contribution in [3.05, 3.63) is 95.1 Å². The number of hydrogen-bond donors (Lipinski definition) is 2. The van der Waals surface area contributed by atoms with Gasteiger partial charge in [0.1, 0.15) is 36.4 Å². The molecule has 3 rings (SSSR count). The summed E-state index contributed by atoms with van der Waals surface area (Å²) in [5.41, 5.74) is 16.0. The number of halogens is 2. The Kier molecular flexibility index (Phi) is 12.9. The third-order valence-electron chi connectivity index (χ3n) is 4.96. The van der Waals surface area contributed by atoms with Crippen LogP contribution < -0.4 is 20.9 Å². The highest BCUT2D eigenvalue weighted by atomic mass is 35.5. The van der Waals surface area contributed by atoms with Gasteiger partial charge in [0.15, 0.2) is 0 Å². The van der Waals surface area contributed by atoms with Gasteiger partial charge in [-0.1, -0.05) is 48.5 Å². The van der Waals surface area contributed by atoms with Gasteiger partial charge < -0.3 is 20.9 Å². The molecule has 0 fully saturated rings. The Bertz CT molecular complexity index is 1070. The molecule has 0 unspecified atom stereocenters. The van der Waals surface area contributed by atoms with Crippen molar-refractivity contribution >= 4 is 36.5 Å². The Morgan fingerprint density at radius 2 is 1.03 bits per heavy atom. The third kappa shape index (κ3) is 9.44. The molecule has 0 bridgehead atoms. The molecule has 0 spiro atoms. The zero-order chi connectivity index (χ0) is 24.5. The predicted molar refractivity (Wildman–Crippen MR) is 154 cm³/mol. The maximum atomic E-state index is 6.11.